The summed E-state index contributed by atoms with van der Waals surface area (Å²) in [5.74, 6) is -0.511. The Kier molecular flexibility index (Phi) is 7.47. The number of Topliss-reactive ketones (excluding diaryl/α,β-unsaturated/α-hetero) is 1. The normalized spacial score (nSPS) is 16.6. The minimum Gasteiger partial charge on any atom is -0.507 e. The van der Waals surface area contributed by atoms with Crippen LogP contribution < -0.4 is 14.4 Å². The van der Waals surface area contributed by atoms with Gasteiger partial charge in [-0.05, 0) is 73.0 Å². The van der Waals surface area contributed by atoms with Crippen LogP contribution in [0, 0.1) is 0 Å². The molecule has 1 N–H and O–H groups in total. The van der Waals surface area contributed by atoms with Crippen LogP contribution in [0.25, 0.3) is 16.0 Å². The Morgan fingerprint density at radius 3 is 2.38 bits per heavy atom. The molecule has 1 fully saturated rings. The zero-order valence-electron chi connectivity index (χ0n) is 21.7. The molecule has 39 heavy (non-hydrogen) atoms. The zero-order valence-corrected chi connectivity index (χ0v) is 22.5. The first kappa shape index (κ1) is 26.2. The van der Waals surface area contributed by atoms with E-state index in [9.17, 15) is 14.7 Å². The van der Waals surface area contributed by atoms with Crippen LogP contribution in [-0.4, -0.2) is 35.0 Å². The Morgan fingerprint density at radius 2 is 1.72 bits per heavy atom. The van der Waals surface area contributed by atoms with Crippen molar-refractivity contribution in [3.8, 4) is 11.5 Å². The third kappa shape index (κ3) is 5.03. The van der Waals surface area contributed by atoms with Crippen molar-refractivity contribution in [3.05, 3.63) is 102 Å². The maximum absolute atomic E-state index is 13.5. The number of carbonyl (C=O) groups is 2. The molecule has 198 valence electrons. The van der Waals surface area contributed by atoms with Crippen molar-refractivity contribution in [2.45, 2.75) is 26.3 Å². The fourth-order valence-corrected chi connectivity index (χ4v) is 5.61. The van der Waals surface area contributed by atoms with Crippen molar-refractivity contribution in [2.75, 3.05) is 18.1 Å². The summed E-state index contributed by atoms with van der Waals surface area (Å²) in [5.41, 5.74) is 2.94. The Balaban J connectivity index is 1.64. The number of hydrogen-bond donors (Lipinski definition) is 1. The zero-order chi connectivity index (χ0) is 27.5. The van der Waals surface area contributed by atoms with Gasteiger partial charge >= 0.3 is 5.91 Å². The first-order chi connectivity index (χ1) is 18.9. The standard InChI is InChI=1S/C31H28N2O5S/c1-4-17-38-23-12-8-20(9-13-23)27-26(28(34)21-10-14-22(15-11-21)37-6-3)29(35)30(36)33(27)31-32-24-16-7-19(5-2)18-25(24)39-31/h4,7-16,18,27,34H,1,5-6,17H2,2-3H3/b28-26+/t27-/m0/s1. The number of carbonyl (C=O) groups excluding carboxylic acids is 2. The molecule has 0 saturated carbocycles. The number of fused-ring (bicyclic) bond motifs is 1. The Labute approximate surface area is 230 Å². The van der Waals surface area contributed by atoms with Crippen LogP contribution in [0.4, 0.5) is 5.13 Å². The Hall–Kier alpha value is -4.43. The summed E-state index contributed by atoms with van der Waals surface area (Å²) in [5, 5.41) is 11.8. The molecule has 7 nitrogen and oxygen atoms in total. The summed E-state index contributed by atoms with van der Waals surface area (Å²) < 4.78 is 12.0. The number of anilines is 1. The molecule has 8 heteroatoms. The highest BCUT2D eigenvalue weighted by molar-refractivity contribution is 7.22. The average Bonchev–Trinajstić information content (AvgIpc) is 3.49. The molecule has 0 spiro atoms. The number of aromatic nitrogens is 1. The van der Waals surface area contributed by atoms with Gasteiger partial charge < -0.3 is 14.6 Å². The molecule has 4 aromatic rings. The highest BCUT2D eigenvalue weighted by atomic mass is 32.1. The number of amides is 1. The predicted octanol–water partition coefficient (Wildman–Crippen LogP) is 6.45. The van der Waals surface area contributed by atoms with Gasteiger partial charge in [-0.2, -0.15) is 0 Å². The van der Waals surface area contributed by atoms with Crippen LogP contribution in [0.1, 0.15) is 36.6 Å². The third-order valence-electron chi connectivity index (χ3n) is 6.50. The van der Waals surface area contributed by atoms with Crippen molar-refractivity contribution < 1.29 is 24.2 Å². The lowest BCUT2D eigenvalue weighted by Crippen LogP contribution is -2.29. The first-order valence-electron chi connectivity index (χ1n) is 12.7. The lowest BCUT2D eigenvalue weighted by molar-refractivity contribution is -0.132. The molecule has 1 atom stereocenters. The number of aliphatic hydroxyl groups is 1. The second kappa shape index (κ2) is 11.1. The topological polar surface area (TPSA) is 89.0 Å². The molecule has 0 bridgehead atoms. The molecule has 0 unspecified atom stereocenters. The lowest BCUT2D eigenvalue weighted by atomic mass is 9.95. The maximum Gasteiger partial charge on any atom is 0.301 e. The van der Waals surface area contributed by atoms with Crippen molar-refractivity contribution in [3.63, 3.8) is 0 Å². The third-order valence-corrected chi connectivity index (χ3v) is 7.52. The van der Waals surface area contributed by atoms with Crippen LogP contribution in [0.2, 0.25) is 0 Å². The molecule has 1 aliphatic heterocycles. The minimum atomic E-state index is -0.878. The summed E-state index contributed by atoms with van der Waals surface area (Å²) in [7, 11) is 0. The Bertz CT molecular complexity index is 1570. The summed E-state index contributed by atoms with van der Waals surface area (Å²) in [6.07, 6.45) is 2.52. The van der Waals surface area contributed by atoms with Crippen LogP contribution in [0.3, 0.4) is 0 Å². The maximum atomic E-state index is 13.5. The molecule has 0 aliphatic carbocycles. The smallest absolute Gasteiger partial charge is 0.301 e. The number of nitrogens with zero attached hydrogens (tertiary/aromatic N) is 2. The monoisotopic (exact) mass is 540 g/mol. The molecule has 5 rings (SSSR count). The van der Waals surface area contributed by atoms with Gasteiger partial charge in [0, 0.05) is 5.56 Å². The molecular formula is C31H28N2O5S. The fraction of sp³-hybridized carbons (Fsp3) is 0.194. The van der Waals surface area contributed by atoms with E-state index in [-0.39, 0.29) is 11.3 Å². The van der Waals surface area contributed by atoms with Gasteiger partial charge in [0.05, 0.1) is 28.4 Å². The Morgan fingerprint density at radius 1 is 1.03 bits per heavy atom. The summed E-state index contributed by atoms with van der Waals surface area (Å²) in [6, 6.07) is 19.0. The van der Waals surface area contributed by atoms with Gasteiger partial charge in [-0.3, -0.25) is 14.5 Å². The van der Waals surface area contributed by atoms with Crippen molar-refractivity contribution in [2.24, 2.45) is 0 Å². The van der Waals surface area contributed by atoms with Crippen LogP contribution in [0.15, 0.2) is 85.0 Å². The SMILES string of the molecule is C=CCOc1ccc([C@H]2/C(=C(\O)c3ccc(OCC)cc3)C(=O)C(=O)N2c2nc3ccc(CC)cc3s2)cc1. The summed E-state index contributed by atoms with van der Waals surface area (Å²) >= 11 is 1.34. The van der Waals surface area contributed by atoms with Gasteiger partial charge in [-0.1, -0.05) is 49.1 Å². The molecule has 1 aromatic heterocycles. The van der Waals surface area contributed by atoms with Crippen molar-refractivity contribution >= 4 is 44.1 Å². The van der Waals surface area contributed by atoms with E-state index < -0.39 is 17.7 Å². The fourth-order valence-electron chi connectivity index (χ4n) is 4.56. The molecular weight excluding hydrogens is 512 g/mol. The van der Waals surface area contributed by atoms with E-state index in [0.717, 1.165) is 22.2 Å². The van der Waals surface area contributed by atoms with E-state index in [1.807, 2.05) is 25.1 Å². The molecule has 3 aromatic carbocycles. The van der Waals surface area contributed by atoms with Crippen molar-refractivity contribution in [1.29, 1.82) is 0 Å². The van der Waals surface area contributed by atoms with Crippen LogP contribution in [-0.2, 0) is 16.0 Å². The van der Waals surface area contributed by atoms with E-state index in [4.69, 9.17) is 14.5 Å². The number of aliphatic hydroxyl groups excluding tert-OH is 1. The van der Waals surface area contributed by atoms with E-state index in [1.54, 1.807) is 54.6 Å². The number of aryl methyl sites for hydroxylation is 1. The second-order valence-electron chi connectivity index (χ2n) is 8.95. The number of thiazole rings is 1. The minimum absolute atomic E-state index is 0.00239. The summed E-state index contributed by atoms with van der Waals surface area (Å²) in [6.45, 7) is 8.48. The molecule has 1 aliphatic rings. The second-order valence-corrected chi connectivity index (χ2v) is 9.96. The largest absolute Gasteiger partial charge is 0.507 e. The molecule has 1 saturated heterocycles. The van der Waals surface area contributed by atoms with Gasteiger partial charge in [-0.25, -0.2) is 4.98 Å². The van der Waals surface area contributed by atoms with Gasteiger partial charge in [0.25, 0.3) is 5.78 Å². The number of benzene rings is 3. The van der Waals surface area contributed by atoms with E-state index in [0.29, 0.717) is 41.0 Å². The number of hydrogen-bond acceptors (Lipinski definition) is 7. The highest BCUT2D eigenvalue weighted by Gasteiger charge is 2.48. The van der Waals surface area contributed by atoms with Crippen LogP contribution in [0.5, 0.6) is 11.5 Å². The van der Waals surface area contributed by atoms with E-state index in [1.165, 1.54) is 16.2 Å². The lowest BCUT2D eigenvalue weighted by Gasteiger charge is -2.23. The van der Waals surface area contributed by atoms with Gasteiger partial charge in [0.15, 0.2) is 5.13 Å². The highest BCUT2D eigenvalue weighted by Crippen LogP contribution is 2.44. The quantitative estimate of drug-likeness (QED) is 0.114. The molecule has 2 heterocycles. The van der Waals surface area contributed by atoms with Crippen molar-refractivity contribution in [1.82, 2.24) is 4.98 Å². The van der Waals surface area contributed by atoms with E-state index >= 15 is 0 Å². The average molecular weight is 541 g/mol. The molecule has 0 radical (unpaired) electrons. The summed E-state index contributed by atoms with van der Waals surface area (Å²) in [4.78, 5) is 33.1. The van der Waals surface area contributed by atoms with Gasteiger partial charge in [-0.15, -0.1) is 0 Å². The predicted molar refractivity (Wildman–Crippen MR) is 154 cm³/mol. The number of rotatable bonds is 9. The number of ether oxygens (including phenoxy) is 2. The molecule has 1 amide bonds. The first-order valence-corrected chi connectivity index (χ1v) is 13.5. The van der Waals surface area contributed by atoms with Gasteiger partial charge in [0.1, 0.15) is 23.9 Å². The van der Waals surface area contributed by atoms with Gasteiger partial charge in [0.2, 0.25) is 0 Å². The number of ketones is 1. The van der Waals surface area contributed by atoms with Crippen LogP contribution >= 0.6 is 11.3 Å². The van der Waals surface area contributed by atoms with E-state index in [2.05, 4.69) is 13.5 Å².